The number of carbonyl (C=O) groups excluding carboxylic acids is 2. The molecule has 1 aliphatic carbocycles. The lowest BCUT2D eigenvalue weighted by molar-refractivity contribution is -0.141. The second-order valence-corrected chi connectivity index (χ2v) is 9.86. The lowest BCUT2D eigenvalue weighted by Gasteiger charge is -2.15. The van der Waals surface area contributed by atoms with Crippen LogP contribution in [0.5, 0.6) is 0 Å². The molecule has 1 atom stereocenters. The van der Waals surface area contributed by atoms with E-state index in [-0.39, 0.29) is 18.2 Å². The van der Waals surface area contributed by atoms with E-state index in [1.165, 1.54) is 10.5 Å². The SMILES string of the molecule is O=C(O)[C@H](CCCCCCN1C(=O)c2ccccc2C1=O)CC(=NO)c1ccc2c3c(oc2c1)CCC3. The highest BCUT2D eigenvalue weighted by Gasteiger charge is 2.34. The van der Waals surface area contributed by atoms with Gasteiger partial charge in [-0.05, 0) is 43.9 Å². The van der Waals surface area contributed by atoms with Gasteiger partial charge >= 0.3 is 5.97 Å². The van der Waals surface area contributed by atoms with Crippen molar-refractivity contribution in [3.05, 3.63) is 70.5 Å². The van der Waals surface area contributed by atoms with Crippen LogP contribution < -0.4 is 0 Å². The molecule has 0 fully saturated rings. The molecule has 3 aromatic rings. The topological polar surface area (TPSA) is 120 Å². The molecule has 0 spiro atoms. The number of aliphatic carboxylic acids is 1. The predicted octanol–water partition coefficient (Wildman–Crippen LogP) is 5.44. The first-order valence-electron chi connectivity index (χ1n) is 12.9. The number of carboxylic acids is 1. The summed E-state index contributed by atoms with van der Waals surface area (Å²) in [5.74, 6) is -1.09. The number of hydrogen-bond acceptors (Lipinski definition) is 6. The zero-order valence-corrected chi connectivity index (χ0v) is 20.6. The number of unbranched alkanes of at least 4 members (excludes halogenated alkanes) is 3. The third-order valence-electron chi connectivity index (χ3n) is 7.51. The summed E-state index contributed by atoms with van der Waals surface area (Å²) in [6.45, 7) is 0.356. The van der Waals surface area contributed by atoms with E-state index >= 15 is 0 Å². The highest BCUT2D eigenvalue weighted by atomic mass is 16.4. The lowest BCUT2D eigenvalue weighted by Crippen LogP contribution is -2.30. The Kier molecular flexibility index (Phi) is 7.08. The van der Waals surface area contributed by atoms with Crippen LogP contribution in [0.4, 0.5) is 0 Å². The summed E-state index contributed by atoms with van der Waals surface area (Å²) >= 11 is 0. The molecule has 1 aromatic heterocycles. The van der Waals surface area contributed by atoms with Crippen molar-refractivity contribution >= 4 is 34.5 Å². The van der Waals surface area contributed by atoms with E-state index in [4.69, 9.17) is 4.42 Å². The van der Waals surface area contributed by atoms with E-state index in [0.717, 1.165) is 48.8 Å². The predicted molar refractivity (Wildman–Crippen MR) is 137 cm³/mol. The number of furan rings is 1. The molecule has 0 unspecified atom stereocenters. The van der Waals surface area contributed by atoms with Gasteiger partial charge < -0.3 is 14.7 Å². The van der Waals surface area contributed by atoms with E-state index in [2.05, 4.69) is 5.16 Å². The number of imide groups is 1. The molecule has 5 rings (SSSR count). The Balaban J connectivity index is 1.11. The van der Waals surface area contributed by atoms with Gasteiger partial charge in [0.25, 0.3) is 11.8 Å². The van der Waals surface area contributed by atoms with Gasteiger partial charge in [-0.25, -0.2) is 0 Å². The Hall–Kier alpha value is -3.94. The van der Waals surface area contributed by atoms with Crippen molar-refractivity contribution < 1.29 is 29.1 Å². The van der Waals surface area contributed by atoms with E-state index in [1.54, 1.807) is 24.3 Å². The van der Waals surface area contributed by atoms with E-state index in [9.17, 15) is 24.7 Å². The van der Waals surface area contributed by atoms with Crippen LogP contribution in [0.25, 0.3) is 11.0 Å². The first-order valence-corrected chi connectivity index (χ1v) is 12.9. The molecular formula is C29H30N2O6. The van der Waals surface area contributed by atoms with Gasteiger partial charge in [0.2, 0.25) is 0 Å². The van der Waals surface area contributed by atoms with Gasteiger partial charge in [-0.15, -0.1) is 0 Å². The van der Waals surface area contributed by atoms with Crippen LogP contribution in [-0.2, 0) is 17.6 Å². The van der Waals surface area contributed by atoms with Crippen LogP contribution in [0.15, 0.2) is 52.0 Å². The number of nitrogens with zero attached hydrogens (tertiary/aromatic N) is 2. The molecule has 1 aliphatic heterocycles. The largest absolute Gasteiger partial charge is 0.481 e. The third-order valence-corrected chi connectivity index (χ3v) is 7.51. The fraction of sp³-hybridized carbons (Fsp3) is 0.379. The Morgan fingerprint density at radius 2 is 1.73 bits per heavy atom. The number of aryl methyl sites for hydroxylation is 2. The number of oxime groups is 1. The van der Waals surface area contributed by atoms with Gasteiger partial charge in [-0.3, -0.25) is 19.3 Å². The van der Waals surface area contributed by atoms with Crippen LogP contribution in [0.2, 0.25) is 0 Å². The second-order valence-electron chi connectivity index (χ2n) is 9.86. The summed E-state index contributed by atoms with van der Waals surface area (Å²) in [6.07, 6.45) is 6.50. The van der Waals surface area contributed by atoms with Gasteiger partial charge in [0.05, 0.1) is 22.8 Å². The van der Waals surface area contributed by atoms with Crippen LogP contribution in [-0.4, -0.2) is 45.3 Å². The summed E-state index contributed by atoms with van der Waals surface area (Å²) in [5, 5.41) is 23.9. The molecule has 0 radical (unpaired) electrons. The molecule has 192 valence electrons. The molecule has 2 N–H and O–H groups in total. The molecule has 2 aromatic carbocycles. The fourth-order valence-corrected chi connectivity index (χ4v) is 5.50. The Morgan fingerprint density at radius 1 is 1.00 bits per heavy atom. The van der Waals surface area contributed by atoms with Crippen molar-refractivity contribution in [3.63, 3.8) is 0 Å². The van der Waals surface area contributed by atoms with Crippen molar-refractivity contribution in [2.24, 2.45) is 11.1 Å². The fourth-order valence-electron chi connectivity index (χ4n) is 5.50. The van der Waals surface area contributed by atoms with E-state index in [1.807, 2.05) is 18.2 Å². The highest BCUT2D eigenvalue weighted by molar-refractivity contribution is 6.21. The van der Waals surface area contributed by atoms with Gasteiger partial charge in [0.15, 0.2) is 0 Å². The molecule has 37 heavy (non-hydrogen) atoms. The lowest BCUT2D eigenvalue weighted by atomic mass is 9.92. The third kappa shape index (κ3) is 4.88. The first-order chi connectivity index (χ1) is 18.0. The minimum atomic E-state index is -0.926. The van der Waals surface area contributed by atoms with Crippen molar-refractivity contribution in [1.29, 1.82) is 0 Å². The van der Waals surface area contributed by atoms with E-state index in [0.29, 0.717) is 48.2 Å². The van der Waals surface area contributed by atoms with Crippen molar-refractivity contribution in [3.8, 4) is 0 Å². The molecule has 2 heterocycles. The molecular weight excluding hydrogens is 472 g/mol. The average molecular weight is 503 g/mol. The molecule has 8 heteroatoms. The number of benzene rings is 2. The first kappa shape index (κ1) is 24.7. The quantitative estimate of drug-likeness (QED) is 0.118. The van der Waals surface area contributed by atoms with E-state index < -0.39 is 11.9 Å². The van der Waals surface area contributed by atoms with Crippen LogP contribution in [0.1, 0.15) is 82.5 Å². The zero-order chi connectivity index (χ0) is 25.9. The van der Waals surface area contributed by atoms with Crippen molar-refractivity contribution in [1.82, 2.24) is 4.90 Å². The number of carbonyl (C=O) groups is 3. The number of amides is 2. The van der Waals surface area contributed by atoms with Crippen LogP contribution in [0.3, 0.4) is 0 Å². The molecule has 2 aliphatic rings. The summed E-state index contributed by atoms with van der Waals surface area (Å²) in [7, 11) is 0. The van der Waals surface area contributed by atoms with Crippen LogP contribution >= 0.6 is 0 Å². The van der Waals surface area contributed by atoms with Crippen molar-refractivity contribution in [2.45, 2.75) is 57.8 Å². The maximum absolute atomic E-state index is 12.5. The monoisotopic (exact) mass is 502 g/mol. The minimum Gasteiger partial charge on any atom is -0.481 e. The minimum absolute atomic E-state index is 0.118. The van der Waals surface area contributed by atoms with Gasteiger partial charge in [0, 0.05) is 35.9 Å². The second kappa shape index (κ2) is 10.6. The normalized spacial score (nSPS) is 15.9. The molecule has 0 saturated carbocycles. The summed E-state index contributed by atoms with van der Waals surface area (Å²) in [6, 6.07) is 12.5. The van der Waals surface area contributed by atoms with Crippen LogP contribution in [0, 0.1) is 5.92 Å². The van der Waals surface area contributed by atoms with Gasteiger partial charge in [-0.1, -0.05) is 48.7 Å². The van der Waals surface area contributed by atoms with Gasteiger partial charge in [0.1, 0.15) is 11.3 Å². The number of hydrogen-bond donors (Lipinski definition) is 2. The van der Waals surface area contributed by atoms with Crippen molar-refractivity contribution in [2.75, 3.05) is 6.54 Å². The highest BCUT2D eigenvalue weighted by Crippen LogP contribution is 2.33. The molecule has 0 saturated heterocycles. The molecule has 8 nitrogen and oxygen atoms in total. The number of rotatable bonds is 11. The summed E-state index contributed by atoms with van der Waals surface area (Å²) < 4.78 is 5.97. The Morgan fingerprint density at radius 3 is 2.43 bits per heavy atom. The maximum atomic E-state index is 12.5. The molecule has 0 bridgehead atoms. The number of carboxylic acid groups (broad SMARTS) is 1. The Labute approximate surface area is 214 Å². The Bertz CT molecular complexity index is 1350. The number of fused-ring (bicyclic) bond motifs is 4. The average Bonchev–Trinajstić information content (AvgIpc) is 3.56. The smallest absolute Gasteiger partial charge is 0.306 e. The summed E-state index contributed by atoms with van der Waals surface area (Å²) in [4.78, 5) is 38.1. The standard InChI is InChI=1S/C29H30N2O6/c32-27-22-9-4-5-10-23(22)28(33)31(27)15-6-2-1-3-8-19(29(34)35)16-24(30-36)18-13-14-21-20-11-7-12-25(20)37-26(21)17-18/h4-5,9-10,13-14,17,19,36H,1-3,6-8,11-12,15-16H2,(H,34,35)/t19-/m1/s1. The van der Waals surface area contributed by atoms with Gasteiger partial charge in [-0.2, -0.15) is 0 Å². The molecule has 2 amide bonds. The maximum Gasteiger partial charge on any atom is 0.306 e. The summed E-state index contributed by atoms with van der Waals surface area (Å²) in [5.41, 5.74) is 3.89. The zero-order valence-electron chi connectivity index (χ0n) is 20.6.